The second-order valence-corrected chi connectivity index (χ2v) is 6.15. The van der Waals surface area contributed by atoms with Crippen molar-refractivity contribution in [3.8, 4) is 6.07 Å². The van der Waals surface area contributed by atoms with Gasteiger partial charge in [-0.05, 0) is 32.1 Å². The Bertz CT molecular complexity index is 353. The van der Waals surface area contributed by atoms with E-state index in [1.54, 1.807) is 0 Å². The number of rotatable bonds is 3. The molecule has 0 saturated heterocycles. The molecule has 0 spiro atoms. The molecule has 4 heteroatoms. The summed E-state index contributed by atoms with van der Waals surface area (Å²) < 4.78 is 0. The molecular formula is C15H25N3O. The van der Waals surface area contributed by atoms with Gasteiger partial charge in [0.05, 0.1) is 17.4 Å². The van der Waals surface area contributed by atoms with Crippen molar-refractivity contribution in [3.05, 3.63) is 0 Å². The fraction of sp³-hybridized carbons (Fsp3) is 0.867. The van der Waals surface area contributed by atoms with E-state index in [-0.39, 0.29) is 23.3 Å². The van der Waals surface area contributed by atoms with E-state index in [0.717, 1.165) is 44.9 Å². The first kappa shape index (κ1) is 14.3. The SMILES string of the molecule is N#CC1CCCC1NC(=O)C1(CN)CCCCCC1. The molecule has 2 atom stereocenters. The monoisotopic (exact) mass is 263 g/mol. The summed E-state index contributed by atoms with van der Waals surface area (Å²) in [6.07, 6.45) is 9.30. The number of nitrogens with two attached hydrogens (primary N) is 1. The minimum atomic E-state index is -0.376. The maximum Gasteiger partial charge on any atom is 0.227 e. The number of nitrogens with one attached hydrogen (secondary N) is 1. The Balaban J connectivity index is 2.02. The normalized spacial score (nSPS) is 30.3. The molecule has 2 saturated carbocycles. The topological polar surface area (TPSA) is 78.9 Å². The molecule has 3 N–H and O–H groups in total. The number of nitriles is 1. The molecule has 4 nitrogen and oxygen atoms in total. The molecule has 0 aromatic heterocycles. The lowest BCUT2D eigenvalue weighted by Gasteiger charge is -2.32. The van der Waals surface area contributed by atoms with E-state index in [2.05, 4.69) is 11.4 Å². The Hall–Kier alpha value is -1.08. The summed E-state index contributed by atoms with van der Waals surface area (Å²) in [7, 11) is 0. The van der Waals surface area contributed by atoms with Crippen LogP contribution in [-0.2, 0) is 4.79 Å². The minimum absolute atomic E-state index is 0.00967. The van der Waals surface area contributed by atoms with Crippen LogP contribution in [0.2, 0.25) is 0 Å². The van der Waals surface area contributed by atoms with Crippen molar-refractivity contribution in [2.45, 2.75) is 63.8 Å². The highest BCUT2D eigenvalue weighted by atomic mass is 16.2. The molecule has 0 aliphatic heterocycles. The molecule has 2 rings (SSSR count). The summed E-state index contributed by atoms with van der Waals surface area (Å²) in [5.74, 6) is 0.0913. The van der Waals surface area contributed by atoms with Gasteiger partial charge in [0, 0.05) is 12.6 Å². The molecule has 2 fully saturated rings. The third-order valence-electron chi connectivity index (χ3n) is 4.93. The summed E-state index contributed by atoms with van der Waals surface area (Å²) in [4.78, 5) is 12.6. The molecule has 0 bridgehead atoms. The van der Waals surface area contributed by atoms with E-state index in [1.165, 1.54) is 12.8 Å². The Labute approximate surface area is 115 Å². The summed E-state index contributed by atoms with van der Waals surface area (Å²) in [6, 6.07) is 2.36. The van der Waals surface area contributed by atoms with Crippen molar-refractivity contribution in [2.75, 3.05) is 6.54 Å². The summed E-state index contributed by atoms with van der Waals surface area (Å²) in [6.45, 7) is 0.433. The highest BCUT2D eigenvalue weighted by molar-refractivity contribution is 5.83. The van der Waals surface area contributed by atoms with Crippen molar-refractivity contribution in [3.63, 3.8) is 0 Å². The first-order valence-electron chi connectivity index (χ1n) is 7.62. The second-order valence-electron chi connectivity index (χ2n) is 6.15. The van der Waals surface area contributed by atoms with Gasteiger partial charge in [-0.25, -0.2) is 0 Å². The molecule has 19 heavy (non-hydrogen) atoms. The predicted molar refractivity (Wildman–Crippen MR) is 74.1 cm³/mol. The van der Waals surface area contributed by atoms with Crippen LogP contribution < -0.4 is 11.1 Å². The fourth-order valence-corrected chi connectivity index (χ4v) is 3.54. The van der Waals surface area contributed by atoms with E-state index in [1.807, 2.05) is 0 Å². The summed E-state index contributed by atoms with van der Waals surface area (Å²) >= 11 is 0. The maximum atomic E-state index is 12.6. The molecular weight excluding hydrogens is 238 g/mol. The van der Waals surface area contributed by atoms with Crippen LogP contribution in [0.3, 0.4) is 0 Å². The van der Waals surface area contributed by atoms with Gasteiger partial charge in [0.1, 0.15) is 0 Å². The van der Waals surface area contributed by atoms with Crippen LogP contribution in [0.4, 0.5) is 0 Å². The van der Waals surface area contributed by atoms with Crippen molar-refractivity contribution in [1.82, 2.24) is 5.32 Å². The summed E-state index contributed by atoms with van der Waals surface area (Å²) in [5, 5.41) is 12.2. The highest BCUT2D eigenvalue weighted by Gasteiger charge is 2.39. The largest absolute Gasteiger partial charge is 0.352 e. The van der Waals surface area contributed by atoms with E-state index in [4.69, 9.17) is 11.0 Å². The third-order valence-corrected chi connectivity index (χ3v) is 4.93. The lowest BCUT2D eigenvalue weighted by Crippen LogP contribution is -2.49. The van der Waals surface area contributed by atoms with E-state index in [9.17, 15) is 4.79 Å². The Morgan fingerprint density at radius 2 is 1.89 bits per heavy atom. The highest BCUT2D eigenvalue weighted by Crippen LogP contribution is 2.35. The molecule has 2 aliphatic rings. The van der Waals surface area contributed by atoms with Gasteiger partial charge >= 0.3 is 0 Å². The molecule has 2 unspecified atom stereocenters. The molecule has 0 aromatic rings. The van der Waals surface area contributed by atoms with Gasteiger partial charge in [-0.1, -0.05) is 25.7 Å². The Morgan fingerprint density at radius 3 is 2.47 bits per heavy atom. The van der Waals surface area contributed by atoms with Crippen LogP contribution in [0.25, 0.3) is 0 Å². The third kappa shape index (κ3) is 3.09. The number of carbonyl (C=O) groups is 1. The Kier molecular flexibility index (Phi) is 4.81. The van der Waals surface area contributed by atoms with Gasteiger partial charge in [0.25, 0.3) is 0 Å². The molecule has 0 radical (unpaired) electrons. The van der Waals surface area contributed by atoms with Gasteiger partial charge < -0.3 is 11.1 Å². The number of amides is 1. The zero-order valence-electron chi connectivity index (χ0n) is 11.7. The minimum Gasteiger partial charge on any atom is -0.352 e. The Morgan fingerprint density at radius 1 is 1.21 bits per heavy atom. The zero-order chi connectivity index (χ0) is 13.7. The second kappa shape index (κ2) is 6.38. The average Bonchev–Trinajstić information content (AvgIpc) is 2.73. The van der Waals surface area contributed by atoms with Gasteiger partial charge in [-0.3, -0.25) is 4.79 Å². The van der Waals surface area contributed by atoms with Crippen molar-refractivity contribution < 1.29 is 4.79 Å². The predicted octanol–water partition coefficient (Wildman–Crippen LogP) is 2.09. The number of hydrogen-bond acceptors (Lipinski definition) is 3. The van der Waals surface area contributed by atoms with Crippen LogP contribution in [0, 0.1) is 22.7 Å². The van der Waals surface area contributed by atoms with Gasteiger partial charge in [0.2, 0.25) is 5.91 Å². The van der Waals surface area contributed by atoms with Crippen LogP contribution in [0.1, 0.15) is 57.8 Å². The summed E-state index contributed by atoms with van der Waals surface area (Å²) in [5.41, 5.74) is 5.55. The average molecular weight is 263 g/mol. The van der Waals surface area contributed by atoms with Crippen LogP contribution in [0.5, 0.6) is 0 Å². The number of hydrogen-bond donors (Lipinski definition) is 2. The molecule has 2 aliphatic carbocycles. The first-order chi connectivity index (χ1) is 9.22. The maximum absolute atomic E-state index is 12.6. The van der Waals surface area contributed by atoms with E-state index < -0.39 is 0 Å². The van der Waals surface area contributed by atoms with Crippen molar-refractivity contribution in [1.29, 1.82) is 5.26 Å². The number of carbonyl (C=O) groups excluding carboxylic acids is 1. The standard InChI is InChI=1S/C15H25N3O/c16-10-12-6-5-7-13(12)18-14(19)15(11-17)8-3-1-2-4-9-15/h12-13H,1-9,11,17H2,(H,18,19). The smallest absolute Gasteiger partial charge is 0.227 e. The van der Waals surface area contributed by atoms with E-state index in [0.29, 0.717) is 6.54 Å². The van der Waals surface area contributed by atoms with Gasteiger partial charge in [-0.2, -0.15) is 5.26 Å². The molecule has 0 aromatic carbocycles. The van der Waals surface area contributed by atoms with Crippen LogP contribution in [-0.4, -0.2) is 18.5 Å². The molecule has 106 valence electrons. The molecule has 1 amide bonds. The zero-order valence-corrected chi connectivity index (χ0v) is 11.7. The van der Waals surface area contributed by atoms with Gasteiger partial charge in [0.15, 0.2) is 0 Å². The van der Waals surface area contributed by atoms with Crippen LogP contribution >= 0.6 is 0 Å². The quantitative estimate of drug-likeness (QED) is 0.765. The lowest BCUT2D eigenvalue weighted by atomic mass is 9.79. The number of nitrogens with zero attached hydrogens (tertiary/aromatic N) is 1. The lowest BCUT2D eigenvalue weighted by molar-refractivity contribution is -0.132. The fourth-order valence-electron chi connectivity index (χ4n) is 3.54. The van der Waals surface area contributed by atoms with Crippen molar-refractivity contribution in [2.24, 2.45) is 17.1 Å². The molecule has 0 heterocycles. The van der Waals surface area contributed by atoms with E-state index >= 15 is 0 Å². The van der Waals surface area contributed by atoms with Crippen LogP contribution in [0.15, 0.2) is 0 Å². The van der Waals surface area contributed by atoms with Gasteiger partial charge in [-0.15, -0.1) is 0 Å². The van der Waals surface area contributed by atoms with Crippen molar-refractivity contribution >= 4 is 5.91 Å². The first-order valence-corrected chi connectivity index (χ1v) is 7.62.